The summed E-state index contributed by atoms with van der Waals surface area (Å²) >= 11 is 0. The molecule has 0 aliphatic carbocycles. The van der Waals surface area contributed by atoms with E-state index in [9.17, 15) is 12.9 Å². The van der Waals surface area contributed by atoms with Crippen LogP contribution in [-0.2, 0) is 6.54 Å². The number of rotatable bonds is 4. The van der Waals surface area contributed by atoms with Crippen LogP contribution >= 0.6 is 0 Å². The first-order chi connectivity index (χ1) is 14.1. The molecule has 0 N–H and O–H groups in total. The summed E-state index contributed by atoms with van der Waals surface area (Å²) in [4.78, 5) is 2.26. The van der Waals surface area contributed by atoms with Crippen molar-refractivity contribution in [3.05, 3.63) is 108 Å². The highest BCUT2D eigenvalue weighted by Gasteiger charge is 2.33. The van der Waals surface area contributed by atoms with E-state index in [1.54, 1.807) is 0 Å². The Morgan fingerprint density at radius 1 is 0.800 bits per heavy atom. The highest BCUT2D eigenvalue weighted by atomic mass is 19.4. The second-order valence-corrected chi connectivity index (χ2v) is 6.52. The third kappa shape index (κ3) is 5.86. The van der Waals surface area contributed by atoms with Crippen LogP contribution in [-0.4, -0.2) is 30.3 Å². The Morgan fingerprint density at radius 3 is 1.80 bits per heavy atom. The minimum atomic E-state index is -3.67. The van der Waals surface area contributed by atoms with Crippen LogP contribution < -0.4 is 4.70 Å². The summed E-state index contributed by atoms with van der Waals surface area (Å²) in [5.74, 6) is 1.00. The molecule has 3 aromatic carbocycles. The van der Waals surface area contributed by atoms with Crippen LogP contribution in [0.15, 0.2) is 96.1 Å². The predicted molar refractivity (Wildman–Crippen MR) is 111 cm³/mol. The third-order valence-electron chi connectivity index (χ3n) is 4.52. The molecule has 0 amide bonds. The molecule has 0 saturated heterocycles. The molecule has 3 nitrogen and oxygen atoms in total. The summed E-state index contributed by atoms with van der Waals surface area (Å²) < 4.78 is 29.0. The molecule has 8 heteroatoms. The quantitative estimate of drug-likeness (QED) is 0.483. The van der Waals surface area contributed by atoms with Crippen molar-refractivity contribution in [3.8, 4) is 0 Å². The van der Waals surface area contributed by atoms with Crippen molar-refractivity contribution < 1.29 is 17.7 Å². The number of hydrogen-bond acceptors (Lipinski definition) is 3. The van der Waals surface area contributed by atoms with Crippen molar-refractivity contribution in [2.24, 2.45) is 5.10 Å². The molecule has 156 valence electrons. The van der Waals surface area contributed by atoms with Crippen molar-refractivity contribution in [1.82, 2.24) is 9.91 Å². The summed E-state index contributed by atoms with van der Waals surface area (Å²) in [5.41, 5.74) is 3.65. The number of nitrogens with zero attached hydrogens (tertiary/aromatic N) is 3. The molecule has 30 heavy (non-hydrogen) atoms. The van der Waals surface area contributed by atoms with Crippen molar-refractivity contribution in [3.63, 3.8) is 0 Å². The number of benzene rings is 3. The van der Waals surface area contributed by atoms with Crippen LogP contribution in [0.25, 0.3) is 0 Å². The van der Waals surface area contributed by atoms with Crippen molar-refractivity contribution in [1.29, 1.82) is 0 Å². The largest absolute Gasteiger partial charge is 1.00 e. The fourth-order valence-electron chi connectivity index (χ4n) is 3.32. The number of hydrogen-bond donors (Lipinski definition) is 0. The van der Waals surface area contributed by atoms with Crippen LogP contribution in [0.1, 0.15) is 22.9 Å². The molecule has 1 aliphatic rings. The van der Waals surface area contributed by atoms with E-state index >= 15 is 0 Å². The predicted octanol–water partition coefficient (Wildman–Crippen LogP) is 2.38. The zero-order chi connectivity index (χ0) is 20.6. The van der Waals surface area contributed by atoms with Crippen LogP contribution in [0.4, 0.5) is 12.9 Å². The molecule has 0 spiro atoms. The molecule has 0 bridgehead atoms. The van der Waals surface area contributed by atoms with Crippen LogP contribution in [0.2, 0.25) is 0 Å². The maximum Gasteiger partial charge on any atom is 0.762 e. The molecular weight excluding hydrogens is 393 g/mol. The fourth-order valence-corrected chi connectivity index (χ4v) is 3.32. The Hall–Kier alpha value is -3.29. The number of hydrazone groups is 1. The Morgan fingerprint density at radius 2 is 1.27 bits per heavy atom. The zero-order valence-corrected chi connectivity index (χ0v) is 16.4. The lowest BCUT2D eigenvalue weighted by Crippen LogP contribution is -3.00. The smallest absolute Gasteiger partial charge is 0.762 e. The molecule has 3 aromatic rings. The van der Waals surface area contributed by atoms with Gasteiger partial charge in [-0.3, -0.25) is 18.0 Å². The molecule has 0 saturated carbocycles. The Labute approximate surface area is 174 Å². The van der Waals surface area contributed by atoms with E-state index in [2.05, 4.69) is 95.8 Å². The van der Waals surface area contributed by atoms with Gasteiger partial charge in [0.2, 0.25) is 0 Å². The highest BCUT2D eigenvalue weighted by Crippen LogP contribution is 2.33. The van der Waals surface area contributed by atoms with Gasteiger partial charge in [0, 0.05) is 12.6 Å². The maximum atomic E-state index is 9.67. The lowest BCUT2D eigenvalue weighted by atomic mass is 10.1. The van der Waals surface area contributed by atoms with Gasteiger partial charge >= 0.3 is 7.54 Å². The molecule has 1 aliphatic heterocycles. The van der Waals surface area contributed by atoms with E-state index in [1.165, 1.54) is 11.1 Å². The van der Waals surface area contributed by atoms with Crippen molar-refractivity contribution >= 4 is 13.4 Å². The summed E-state index contributed by atoms with van der Waals surface area (Å²) in [6.07, 6.45) is 0.0941. The maximum absolute atomic E-state index is 9.67. The molecule has 0 radical (unpaired) electrons. The highest BCUT2D eigenvalue weighted by molar-refractivity contribution is 6.33. The molecule has 1 heterocycles. The normalized spacial score (nSPS) is 14.9. The van der Waals surface area contributed by atoms with Crippen LogP contribution in [0, 0.1) is 0 Å². The number of halogens is 4. The van der Waals surface area contributed by atoms with Gasteiger partial charge in [-0.1, -0.05) is 91.0 Å². The van der Waals surface area contributed by atoms with E-state index < -0.39 is 7.54 Å². The minimum Gasteiger partial charge on any atom is -1.00 e. The first-order valence-electron chi connectivity index (χ1n) is 9.21. The van der Waals surface area contributed by atoms with E-state index in [0.29, 0.717) is 0 Å². The summed E-state index contributed by atoms with van der Waals surface area (Å²) in [7, 11) is -1.55. The van der Waals surface area contributed by atoms with Crippen LogP contribution in [0.5, 0.6) is 0 Å². The average molecular weight is 414 g/mol. The first kappa shape index (κ1) is 23.0. The molecule has 0 aromatic heterocycles. The molecule has 1 unspecified atom stereocenters. The second-order valence-electron chi connectivity index (χ2n) is 6.52. The molecule has 4 rings (SSSR count). The average Bonchev–Trinajstić information content (AvgIpc) is 3.05. The third-order valence-corrected chi connectivity index (χ3v) is 4.52. The van der Waals surface area contributed by atoms with E-state index in [0.717, 1.165) is 17.9 Å². The summed E-state index contributed by atoms with van der Waals surface area (Å²) in [5, 5.41) is 7.14. The van der Waals surface area contributed by atoms with Crippen molar-refractivity contribution in [2.45, 2.75) is 12.7 Å². The monoisotopic (exact) mass is 414 g/mol. The second kappa shape index (κ2) is 11.0. The standard InChI is InChI=1S/C22H21N3.BF3.FH/c1-24-21(19-13-7-3-8-14-19)23-25(17-18-11-5-2-6-12-18)22(24)20-15-9-4-10-16-20;2-1(3)4;/h2-16,22H,17H2,1H3;;1H/p-1. The lowest BCUT2D eigenvalue weighted by Gasteiger charge is -2.29. The SMILES string of the molecule is CN1C(c2ccccc2)=NN(Cc2ccccc2)C1c1ccccc1.FB(F)F.[F-]. The Balaban J connectivity index is 0.000000591. The fraction of sp³-hybridized carbons (Fsp3) is 0.136. The van der Waals surface area contributed by atoms with Gasteiger partial charge in [-0.15, -0.1) is 0 Å². The van der Waals surface area contributed by atoms with E-state index in [-0.39, 0.29) is 10.9 Å². The van der Waals surface area contributed by atoms with Gasteiger partial charge in [-0.05, 0) is 11.1 Å². The summed E-state index contributed by atoms with van der Waals surface area (Å²) in [6.45, 7) is 0.779. The molecular formula is C22H21BF4N3-. The van der Waals surface area contributed by atoms with Gasteiger partial charge in [0.25, 0.3) is 0 Å². The van der Waals surface area contributed by atoms with Crippen LogP contribution in [0.3, 0.4) is 0 Å². The van der Waals surface area contributed by atoms with Gasteiger partial charge in [0.15, 0.2) is 5.84 Å². The minimum absolute atomic E-state index is 0. The van der Waals surface area contributed by atoms with Gasteiger partial charge in [-0.25, -0.2) is 0 Å². The Kier molecular flexibility index (Phi) is 8.47. The van der Waals surface area contributed by atoms with Gasteiger partial charge in [0.1, 0.15) is 6.17 Å². The zero-order valence-electron chi connectivity index (χ0n) is 16.4. The summed E-state index contributed by atoms with van der Waals surface area (Å²) in [6, 6.07) is 31.5. The molecule has 1 atom stereocenters. The van der Waals surface area contributed by atoms with Gasteiger partial charge < -0.3 is 9.60 Å². The molecule has 0 fully saturated rings. The number of amidine groups is 1. The Bertz CT molecular complexity index is 909. The van der Waals surface area contributed by atoms with E-state index in [4.69, 9.17) is 5.10 Å². The van der Waals surface area contributed by atoms with E-state index in [1.807, 2.05) is 12.1 Å². The van der Waals surface area contributed by atoms with Gasteiger partial charge in [0.05, 0.1) is 6.54 Å². The van der Waals surface area contributed by atoms with Crippen molar-refractivity contribution in [2.75, 3.05) is 7.05 Å². The first-order valence-corrected chi connectivity index (χ1v) is 9.21. The topological polar surface area (TPSA) is 18.8 Å². The lowest BCUT2D eigenvalue weighted by molar-refractivity contribution is -0.00000865. The van der Waals surface area contributed by atoms with Gasteiger partial charge in [-0.2, -0.15) is 5.10 Å².